The third-order valence-corrected chi connectivity index (χ3v) is 4.51. The summed E-state index contributed by atoms with van der Waals surface area (Å²) in [5.74, 6) is 2.66. The number of nitrogens with zero attached hydrogens (tertiary/aromatic N) is 3. The van der Waals surface area contributed by atoms with Gasteiger partial charge in [-0.05, 0) is 36.2 Å². The van der Waals surface area contributed by atoms with Crippen molar-refractivity contribution >= 4 is 18.2 Å². The molecule has 0 atom stereocenters. The maximum atomic E-state index is 5.38. The number of aromatic nitrogens is 1. The van der Waals surface area contributed by atoms with E-state index in [1.54, 1.807) is 14.2 Å². The molecular weight excluding hydrogens is 338 g/mol. The first-order chi connectivity index (χ1) is 11.8. The molecule has 1 fully saturated rings. The molecule has 5 nitrogen and oxygen atoms in total. The molecule has 1 aliphatic heterocycles. The summed E-state index contributed by atoms with van der Waals surface area (Å²) in [6.07, 6.45) is 2.88. The third-order valence-electron chi connectivity index (χ3n) is 4.51. The molecule has 0 bridgehead atoms. The van der Waals surface area contributed by atoms with Crippen LogP contribution in [0, 0.1) is 0 Å². The molecule has 0 N–H and O–H groups in total. The Morgan fingerprint density at radius 1 is 0.960 bits per heavy atom. The lowest BCUT2D eigenvalue weighted by atomic mass is 10.1. The van der Waals surface area contributed by atoms with E-state index in [-0.39, 0.29) is 12.4 Å². The van der Waals surface area contributed by atoms with Gasteiger partial charge in [-0.15, -0.1) is 12.4 Å². The molecule has 0 amide bonds. The van der Waals surface area contributed by atoms with Gasteiger partial charge in [0.05, 0.1) is 14.2 Å². The average Bonchev–Trinajstić information content (AvgIpc) is 2.67. The van der Waals surface area contributed by atoms with E-state index in [1.165, 1.54) is 5.56 Å². The zero-order valence-electron chi connectivity index (χ0n) is 14.9. The second-order valence-corrected chi connectivity index (χ2v) is 5.96. The minimum Gasteiger partial charge on any atom is -0.493 e. The van der Waals surface area contributed by atoms with Gasteiger partial charge in [0, 0.05) is 38.9 Å². The highest BCUT2D eigenvalue weighted by Crippen LogP contribution is 2.27. The predicted molar refractivity (Wildman–Crippen MR) is 103 cm³/mol. The fourth-order valence-corrected chi connectivity index (χ4v) is 3.06. The van der Waals surface area contributed by atoms with Crippen LogP contribution >= 0.6 is 12.4 Å². The van der Waals surface area contributed by atoms with Gasteiger partial charge in [0.2, 0.25) is 0 Å². The third kappa shape index (κ3) is 5.00. The molecule has 2 aromatic rings. The van der Waals surface area contributed by atoms with Gasteiger partial charge in [0.15, 0.2) is 11.5 Å². The number of halogens is 1. The Morgan fingerprint density at radius 2 is 1.72 bits per heavy atom. The second kappa shape index (κ2) is 9.49. The fourth-order valence-electron chi connectivity index (χ4n) is 3.06. The molecule has 0 aliphatic carbocycles. The molecule has 0 radical (unpaired) electrons. The average molecular weight is 364 g/mol. The summed E-state index contributed by atoms with van der Waals surface area (Å²) < 4.78 is 10.7. The SMILES string of the molecule is COc1ccc(CCN2CCN(c3ccccn3)CC2)cc1OC.Cl. The van der Waals surface area contributed by atoms with Crippen molar-refractivity contribution in [2.45, 2.75) is 6.42 Å². The van der Waals surface area contributed by atoms with Crippen molar-refractivity contribution in [1.29, 1.82) is 0 Å². The van der Waals surface area contributed by atoms with Gasteiger partial charge >= 0.3 is 0 Å². The zero-order chi connectivity index (χ0) is 16.8. The van der Waals surface area contributed by atoms with Crippen molar-refractivity contribution in [2.24, 2.45) is 0 Å². The molecule has 0 saturated carbocycles. The minimum absolute atomic E-state index is 0. The van der Waals surface area contributed by atoms with Crippen LogP contribution in [-0.2, 0) is 6.42 Å². The van der Waals surface area contributed by atoms with Crippen molar-refractivity contribution in [3.05, 3.63) is 48.2 Å². The Hall–Kier alpha value is -1.98. The van der Waals surface area contributed by atoms with Crippen LogP contribution in [0.1, 0.15) is 5.56 Å². The molecule has 136 valence electrons. The van der Waals surface area contributed by atoms with Crippen molar-refractivity contribution < 1.29 is 9.47 Å². The van der Waals surface area contributed by atoms with Crippen LogP contribution in [0.3, 0.4) is 0 Å². The summed E-state index contributed by atoms with van der Waals surface area (Å²) in [5, 5.41) is 0. The molecule has 1 aliphatic rings. The van der Waals surface area contributed by atoms with E-state index in [2.05, 4.69) is 33.0 Å². The first-order valence-electron chi connectivity index (χ1n) is 8.39. The van der Waals surface area contributed by atoms with Gasteiger partial charge in [-0.3, -0.25) is 4.90 Å². The Bertz CT molecular complexity index is 646. The molecule has 2 heterocycles. The van der Waals surface area contributed by atoms with E-state index < -0.39 is 0 Å². The zero-order valence-corrected chi connectivity index (χ0v) is 15.7. The van der Waals surface area contributed by atoms with Crippen LogP contribution in [0.4, 0.5) is 5.82 Å². The van der Waals surface area contributed by atoms with Gasteiger partial charge in [0.1, 0.15) is 5.82 Å². The van der Waals surface area contributed by atoms with Crippen LogP contribution in [0.25, 0.3) is 0 Å². The molecule has 0 unspecified atom stereocenters. The minimum atomic E-state index is 0. The Morgan fingerprint density at radius 3 is 2.36 bits per heavy atom. The largest absolute Gasteiger partial charge is 0.493 e. The van der Waals surface area contributed by atoms with E-state index in [0.717, 1.165) is 56.5 Å². The normalized spacial score (nSPS) is 14.7. The van der Waals surface area contributed by atoms with E-state index in [1.807, 2.05) is 24.4 Å². The quantitative estimate of drug-likeness (QED) is 0.789. The topological polar surface area (TPSA) is 37.8 Å². The number of methoxy groups -OCH3 is 2. The molecule has 0 spiro atoms. The van der Waals surface area contributed by atoms with Gasteiger partial charge in [-0.1, -0.05) is 12.1 Å². The lowest BCUT2D eigenvalue weighted by molar-refractivity contribution is 0.260. The first-order valence-corrected chi connectivity index (χ1v) is 8.39. The summed E-state index contributed by atoms with van der Waals surface area (Å²) in [7, 11) is 3.34. The summed E-state index contributed by atoms with van der Waals surface area (Å²) in [4.78, 5) is 9.30. The summed E-state index contributed by atoms with van der Waals surface area (Å²) in [6.45, 7) is 5.27. The van der Waals surface area contributed by atoms with Gasteiger partial charge in [-0.2, -0.15) is 0 Å². The maximum absolute atomic E-state index is 5.38. The number of rotatable bonds is 6. The highest BCUT2D eigenvalue weighted by atomic mass is 35.5. The monoisotopic (exact) mass is 363 g/mol. The smallest absolute Gasteiger partial charge is 0.160 e. The lowest BCUT2D eigenvalue weighted by Crippen LogP contribution is -2.47. The van der Waals surface area contributed by atoms with Crippen molar-refractivity contribution in [3.63, 3.8) is 0 Å². The van der Waals surface area contributed by atoms with E-state index in [9.17, 15) is 0 Å². The van der Waals surface area contributed by atoms with Gasteiger partial charge in [0.25, 0.3) is 0 Å². The molecule has 25 heavy (non-hydrogen) atoms. The first kappa shape index (κ1) is 19.3. The van der Waals surface area contributed by atoms with Crippen LogP contribution in [0.15, 0.2) is 42.6 Å². The Balaban J connectivity index is 0.00000225. The molecule has 1 saturated heterocycles. The highest BCUT2D eigenvalue weighted by Gasteiger charge is 2.17. The molecular formula is C19H26ClN3O2. The summed E-state index contributed by atoms with van der Waals surface area (Å²) >= 11 is 0. The lowest BCUT2D eigenvalue weighted by Gasteiger charge is -2.35. The highest BCUT2D eigenvalue weighted by molar-refractivity contribution is 5.85. The molecule has 3 rings (SSSR count). The maximum Gasteiger partial charge on any atom is 0.160 e. The van der Waals surface area contributed by atoms with Crippen molar-refractivity contribution in [3.8, 4) is 11.5 Å². The molecule has 1 aromatic carbocycles. The second-order valence-electron chi connectivity index (χ2n) is 5.96. The molecule has 1 aromatic heterocycles. The summed E-state index contributed by atoms with van der Waals surface area (Å²) in [6, 6.07) is 12.3. The van der Waals surface area contributed by atoms with E-state index in [4.69, 9.17) is 9.47 Å². The number of anilines is 1. The predicted octanol–water partition coefficient (Wildman–Crippen LogP) is 2.89. The number of benzene rings is 1. The number of piperazine rings is 1. The number of pyridine rings is 1. The number of hydrogen-bond acceptors (Lipinski definition) is 5. The van der Waals surface area contributed by atoms with Crippen molar-refractivity contribution in [1.82, 2.24) is 9.88 Å². The fraction of sp³-hybridized carbons (Fsp3) is 0.421. The summed E-state index contributed by atoms with van der Waals surface area (Å²) in [5.41, 5.74) is 1.28. The number of hydrogen-bond donors (Lipinski definition) is 0. The van der Waals surface area contributed by atoms with Gasteiger partial charge in [-0.25, -0.2) is 4.98 Å². The van der Waals surface area contributed by atoms with E-state index >= 15 is 0 Å². The molecule has 6 heteroatoms. The van der Waals surface area contributed by atoms with Crippen LogP contribution < -0.4 is 14.4 Å². The standard InChI is InChI=1S/C19H25N3O2.ClH/c1-23-17-7-6-16(15-18(17)24-2)8-10-21-11-13-22(14-12-21)19-5-3-4-9-20-19;/h3-7,9,15H,8,10-14H2,1-2H3;1H. The van der Waals surface area contributed by atoms with Crippen LogP contribution in [0.2, 0.25) is 0 Å². The van der Waals surface area contributed by atoms with E-state index in [0.29, 0.717) is 0 Å². The van der Waals surface area contributed by atoms with Gasteiger partial charge < -0.3 is 14.4 Å². The van der Waals surface area contributed by atoms with Crippen LogP contribution in [-0.4, -0.2) is 56.8 Å². The van der Waals surface area contributed by atoms with Crippen LogP contribution in [0.5, 0.6) is 11.5 Å². The Kier molecular flexibility index (Phi) is 7.34. The number of ether oxygens (including phenoxy) is 2. The van der Waals surface area contributed by atoms with Crippen molar-refractivity contribution in [2.75, 3.05) is 51.8 Å². The Labute approximate surface area is 156 Å².